The van der Waals surface area contributed by atoms with E-state index in [4.69, 9.17) is 10.5 Å². The van der Waals surface area contributed by atoms with Crippen molar-refractivity contribution < 1.29 is 4.74 Å². The highest BCUT2D eigenvalue weighted by Crippen LogP contribution is 2.20. The van der Waals surface area contributed by atoms with E-state index < -0.39 is 0 Å². The summed E-state index contributed by atoms with van der Waals surface area (Å²) in [5.74, 6) is 0.504. The maximum atomic E-state index is 5.58. The lowest BCUT2D eigenvalue weighted by molar-refractivity contribution is 0.0970. The van der Waals surface area contributed by atoms with Crippen LogP contribution in [-0.4, -0.2) is 19.8 Å². The third kappa shape index (κ3) is 3.13. The Morgan fingerprint density at radius 1 is 1.29 bits per heavy atom. The maximum Gasteiger partial charge on any atom is 0.0699 e. The zero-order valence-electron chi connectivity index (χ0n) is 8.94. The number of nitrogens with two attached hydrogens (primary N) is 1. The summed E-state index contributed by atoms with van der Waals surface area (Å²) in [7, 11) is 1.72. The van der Waals surface area contributed by atoms with Gasteiger partial charge in [-0.2, -0.15) is 0 Å². The van der Waals surface area contributed by atoms with Gasteiger partial charge in [-0.3, -0.25) is 0 Å². The second kappa shape index (κ2) is 5.78. The monoisotopic (exact) mass is 193 g/mol. The van der Waals surface area contributed by atoms with E-state index in [0.29, 0.717) is 12.5 Å². The van der Waals surface area contributed by atoms with Crippen molar-refractivity contribution in [2.75, 3.05) is 13.7 Å². The molecule has 0 aliphatic rings. The Labute approximate surface area is 86.1 Å². The average molecular weight is 193 g/mol. The fourth-order valence-electron chi connectivity index (χ4n) is 1.60. The predicted molar refractivity (Wildman–Crippen MR) is 59.3 cm³/mol. The quantitative estimate of drug-likeness (QED) is 0.777. The molecule has 0 aromatic heterocycles. The molecule has 2 atom stereocenters. The smallest absolute Gasteiger partial charge is 0.0699 e. The van der Waals surface area contributed by atoms with Crippen molar-refractivity contribution in [3.8, 4) is 0 Å². The van der Waals surface area contributed by atoms with Gasteiger partial charge in [-0.05, 0) is 17.9 Å². The number of ether oxygens (including phenoxy) is 1. The molecule has 0 heterocycles. The Bertz CT molecular complexity index is 244. The second-order valence-corrected chi connectivity index (χ2v) is 3.64. The fourth-order valence-corrected chi connectivity index (χ4v) is 1.60. The van der Waals surface area contributed by atoms with E-state index in [2.05, 4.69) is 31.2 Å². The topological polar surface area (TPSA) is 35.2 Å². The van der Waals surface area contributed by atoms with Crippen molar-refractivity contribution in [3.05, 3.63) is 35.9 Å². The molecule has 1 aromatic rings. The maximum absolute atomic E-state index is 5.58. The van der Waals surface area contributed by atoms with Crippen LogP contribution in [0.1, 0.15) is 24.8 Å². The summed E-state index contributed by atoms with van der Waals surface area (Å²) < 4.78 is 5.27. The highest BCUT2D eigenvalue weighted by Gasteiger charge is 2.11. The summed E-state index contributed by atoms with van der Waals surface area (Å²) in [6.45, 7) is 2.80. The van der Waals surface area contributed by atoms with Crippen LogP contribution in [0.25, 0.3) is 0 Å². The minimum Gasteiger partial charge on any atom is -0.380 e. The van der Waals surface area contributed by atoms with E-state index in [0.717, 1.165) is 6.42 Å². The molecule has 0 radical (unpaired) electrons. The number of hydrogen-bond donors (Lipinski definition) is 1. The van der Waals surface area contributed by atoms with Gasteiger partial charge in [0.2, 0.25) is 0 Å². The van der Waals surface area contributed by atoms with Crippen LogP contribution in [0.5, 0.6) is 0 Å². The van der Waals surface area contributed by atoms with Crippen molar-refractivity contribution >= 4 is 0 Å². The van der Waals surface area contributed by atoms with Crippen molar-refractivity contribution in [2.45, 2.75) is 25.4 Å². The van der Waals surface area contributed by atoms with Gasteiger partial charge in [0.1, 0.15) is 0 Å². The molecule has 2 unspecified atom stereocenters. The van der Waals surface area contributed by atoms with Gasteiger partial charge < -0.3 is 10.5 Å². The number of hydrogen-bond acceptors (Lipinski definition) is 2. The zero-order valence-corrected chi connectivity index (χ0v) is 8.94. The first-order valence-electron chi connectivity index (χ1n) is 5.05. The molecule has 0 aliphatic carbocycles. The zero-order chi connectivity index (χ0) is 10.4. The molecule has 78 valence electrons. The first kappa shape index (κ1) is 11.2. The Morgan fingerprint density at radius 3 is 2.43 bits per heavy atom. The lowest BCUT2D eigenvalue weighted by Gasteiger charge is -2.18. The number of rotatable bonds is 5. The third-order valence-corrected chi connectivity index (χ3v) is 2.58. The van der Waals surface area contributed by atoms with E-state index in [1.165, 1.54) is 5.56 Å². The molecule has 1 rings (SSSR count). The Hall–Kier alpha value is -0.860. The van der Waals surface area contributed by atoms with Gasteiger partial charge in [0.05, 0.1) is 6.10 Å². The van der Waals surface area contributed by atoms with Crippen molar-refractivity contribution in [3.63, 3.8) is 0 Å². The number of benzene rings is 1. The van der Waals surface area contributed by atoms with Gasteiger partial charge in [-0.15, -0.1) is 0 Å². The molecule has 0 saturated carbocycles. The minimum atomic E-state index is 0.171. The van der Waals surface area contributed by atoms with E-state index in [9.17, 15) is 0 Å². The Morgan fingerprint density at radius 2 is 1.93 bits per heavy atom. The lowest BCUT2D eigenvalue weighted by atomic mass is 9.95. The molecule has 2 N–H and O–H groups in total. The Kier molecular flexibility index (Phi) is 4.63. The normalized spacial score (nSPS) is 15.1. The lowest BCUT2D eigenvalue weighted by Crippen LogP contribution is -2.24. The van der Waals surface area contributed by atoms with Crippen LogP contribution >= 0.6 is 0 Å². The van der Waals surface area contributed by atoms with Crippen LogP contribution in [0.4, 0.5) is 0 Å². The molecule has 0 amide bonds. The van der Waals surface area contributed by atoms with Gasteiger partial charge in [-0.25, -0.2) is 0 Å². The second-order valence-electron chi connectivity index (χ2n) is 3.64. The molecular formula is C12H19NO. The van der Waals surface area contributed by atoms with Gasteiger partial charge in [-0.1, -0.05) is 37.3 Å². The Balaban J connectivity index is 2.54. The molecule has 0 bridgehead atoms. The van der Waals surface area contributed by atoms with Gasteiger partial charge in [0.25, 0.3) is 0 Å². The number of methoxy groups -OCH3 is 1. The molecule has 1 aromatic carbocycles. The summed E-state index contributed by atoms with van der Waals surface area (Å²) in [5, 5.41) is 0. The largest absolute Gasteiger partial charge is 0.380 e. The van der Waals surface area contributed by atoms with Crippen LogP contribution in [0.15, 0.2) is 30.3 Å². The fraction of sp³-hybridized carbons (Fsp3) is 0.500. The van der Waals surface area contributed by atoms with Crippen LogP contribution in [0.2, 0.25) is 0 Å². The van der Waals surface area contributed by atoms with E-state index in [1.54, 1.807) is 7.11 Å². The van der Waals surface area contributed by atoms with Crippen molar-refractivity contribution in [1.29, 1.82) is 0 Å². The average Bonchev–Trinajstić information content (AvgIpc) is 2.26. The van der Waals surface area contributed by atoms with Crippen LogP contribution in [-0.2, 0) is 4.74 Å². The van der Waals surface area contributed by atoms with Crippen molar-refractivity contribution in [2.24, 2.45) is 5.73 Å². The third-order valence-electron chi connectivity index (χ3n) is 2.58. The standard InChI is InChI=1S/C12H19NO/c1-10(8-12(9-13)14-2)11-6-4-3-5-7-11/h3-7,10,12H,8-9,13H2,1-2H3. The summed E-state index contributed by atoms with van der Waals surface area (Å²) in [5.41, 5.74) is 6.93. The van der Waals surface area contributed by atoms with Gasteiger partial charge in [0, 0.05) is 13.7 Å². The van der Waals surface area contributed by atoms with E-state index in [1.807, 2.05) is 6.07 Å². The summed E-state index contributed by atoms with van der Waals surface area (Å²) in [6, 6.07) is 10.5. The highest BCUT2D eigenvalue weighted by molar-refractivity contribution is 5.18. The van der Waals surface area contributed by atoms with Crippen LogP contribution in [0.3, 0.4) is 0 Å². The molecule has 0 saturated heterocycles. The van der Waals surface area contributed by atoms with Gasteiger partial charge in [0.15, 0.2) is 0 Å². The van der Waals surface area contributed by atoms with Crippen molar-refractivity contribution in [1.82, 2.24) is 0 Å². The predicted octanol–water partition coefficient (Wildman–Crippen LogP) is 2.15. The molecule has 2 heteroatoms. The van der Waals surface area contributed by atoms with Crippen LogP contribution in [0, 0.1) is 0 Å². The van der Waals surface area contributed by atoms with Gasteiger partial charge >= 0.3 is 0 Å². The van der Waals surface area contributed by atoms with Crippen LogP contribution < -0.4 is 5.73 Å². The molecule has 2 nitrogen and oxygen atoms in total. The molecule has 0 fully saturated rings. The molecule has 0 aliphatic heterocycles. The van der Waals surface area contributed by atoms with E-state index in [-0.39, 0.29) is 6.10 Å². The summed E-state index contributed by atoms with van der Waals surface area (Å²) in [6.07, 6.45) is 1.15. The minimum absolute atomic E-state index is 0.171. The summed E-state index contributed by atoms with van der Waals surface area (Å²) in [4.78, 5) is 0. The first-order chi connectivity index (χ1) is 6.77. The molecule has 14 heavy (non-hydrogen) atoms. The molecular weight excluding hydrogens is 174 g/mol. The first-order valence-corrected chi connectivity index (χ1v) is 5.05. The SMILES string of the molecule is COC(CN)CC(C)c1ccccc1. The highest BCUT2D eigenvalue weighted by atomic mass is 16.5. The molecule has 0 spiro atoms. The van der Waals surface area contributed by atoms with E-state index >= 15 is 0 Å². The summed E-state index contributed by atoms with van der Waals surface area (Å²) >= 11 is 0.